The van der Waals surface area contributed by atoms with Crippen LogP contribution in [0.4, 0.5) is 0 Å². The van der Waals surface area contributed by atoms with Crippen LogP contribution in [0.1, 0.15) is 128 Å². The van der Waals surface area contributed by atoms with E-state index in [4.69, 9.17) is 9.47 Å². The number of hydrogen-bond acceptors (Lipinski definition) is 2. The van der Waals surface area contributed by atoms with E-state index in [9.17, 15) is 0 Å². The van der Waals surface area contributed by atoms with Crippen LogP contribution in [0.25, 0.3) is 0 Å². The van der Waals surface area contributed by atoms with Gasteiger partial charge in [-0.05, 0) is 37.8 Å². The zero-order valence-corrected chi connectivity index (χ0v) is 21.0. The third-order valence-corrected chi connectivity index (χ3v) is 6.18. The third kappa shape index (κ3) is 18.3. The van der Waals surface area contributed by atoms with Gasteiger partial charge in [-0.1, -0.05) is 121 Å². The average Bonchev–Trinajstić information content (AvgIpc) is 2.78. The van der Waals surface area contributed by atoms with Crippen molar-refractivity contribution in [2.45, 2.75) is 129 Å². The van der Waals surface area contributed by atoms with Crippen LogP contribution in [0.15, 0.2) is 24.3 Å². The van der Waals surface area contributed by atoms with Gasteiger partial charge in [0.1, 0.15) is 5.75 Å². The molecule has 0 N–H and O–H groups in total. The second-order valence-electron chi connectivity index (χ2n) is 9.24. The molecule has 2 nitrogen and oxygen atoms in total. The molecule has 1 aromatic rings. The monoisotopic (exact) mass is 432 g/mol. The van der Waals surface area contributed by atoms with Crippen LogP contribution in [0.2, 0.25) is 0 Å². The quantitative estimate of drug-likeness (QED) is 0.160. The van der Waals surface area contributed by atoms with Crippen molar-refractivity contribution in [2.75, 3.05) is 19.8 Å². The number of hydrogen-bond donors (Lipinski definition) is 0. The molecule has 0 aromatic heterocycles. The number of para-hydroxylation sites is 1. The number of benzene rings is 1. The van der Waals surface area contributed by atoms with Crippen LogP contribution in [0.5, 0.6) is 5.75 Å². The lowest BCUT2D eigenvalue weighted by Crippen LogP contribution is -2.02. The number of rotatable bonds is 23. The Morgan fingerprint density at radius 3 is 1.45 bits per heavy atom. The molecule has 0 saturated carbocycles. The van der Waals surface area contributed by atoms with Crippen molar-refractivity contribution in [2.24, 2.45) is 0 Å². The van der Waals surface area contributed by atoms with Gasteiger partial charge in [-0.2, -0.15) is 0 Å². The molecule has 2 heteroatoms. The van der Waals surface area contributed by atoms with E-state index in [1.807, 2.05) is 12.1 Å². The van der Waals surface area contributed by atoms with Gasteiger partial charge in [-0.25, -0.2) is 0 Å². The first-order valence-electron chi connectivity index (χ1n) is 13.6. The molecule has 1 aromatic carbocycles. The molecule has 0 atom stereocenters. The normalized spacial score (nSPS) is 11.2. The van der Waals surface area contributed by atoms with E-state index in [1.165, 1.54) is 108 Å². The molecule has 0 aliphatic rings. The molecule has 0 saturated heterocycles. The largest absolute Gasteiger partial charge is 0.493 e. The van der Waals surface area contributed by atoms with E-state index in [1.54, 1.807) is 0 Å². The highest BCUT2D eigenvalue weighted by molar-refractivity contribution is 5.31. The molecule has 0 heterocycles. The Bertz CT molecular complexity index is 485. The van der Waals surface area contributed by atoms with Gasteiger partial charge < -0.3 is 9.47 Å². The highest BCUT2D eigenvalue weighted by Crippen LogP contribution is 2.16. The Labute approximate surface area is 194 Å². The zero-order valence-electron chi connectivity index (χ0n) is 21.0. The fourth-order valence-electron chi connectivity index (χ4n) is 4.06. The second-order valence-corrected chi connectivity index (χ2v) is 9.24. The molecule has 0 aliphatic carbocycles. The lowest BCUT2D eigenvalue weighted by Gasteiger charge is -2.09. The second kappa shape index (κ2) is 22.2. The first-order chi connectivity index (χ1) is 15.3. The molecule has 0 fully saturated rings. The topological polar surface area (TPSA) is 18.5 Å². The molecule has 0 aliphatic heterocycles. The van der Waals surface area contributed by atoms with Crippen molar-refractivity contribution < 1.29 is 9.47 Å². The van der Waals surface area contributed by atoms with E-state index < -0.39 is 0 Å². The predicted octanol–water partition coefficient (Wildman–Crippen LogP) is 9.43. The van der Waals surface area contributed by atoms with E-state index in [-0.39, 0.29) is 0 Å². The van der Waals surface area contributed by atoms with Gasteiger partial charge in [-0.3, -0.25) is 0 Å². The summed E-state index contributed by atoms with van der Waals surface area (Å²) < 4.78 is 11.6. The van der Waals surface area contributed by atoms with Crippen LogP contribution < -0.4 is 4.74 Å². The minimum atomic E-state index is 0.785. The van der Waals surface area contributed by atoms with Gasteiger partial charge in [0.15, 0.2) is 0 Å². The Balaban J connectivity index is 1.69. The molecule has 31 heavy (non-hydrogen) atoms. The summed E-state index contributed by atoms with van der Waals surface area (Å²) in [5.74, 6) is 1.01. The van der Waals surface area contributed by atoms with Gasteiger partial charge >= 0.3 is 0 Å². The molecular formula is C29H52O2. The van der Waals surface area contributed by atoms with Gasteiger partial charge in [0.2, 0.25) is 0 Å². The van der Waals surface area contributed by atoms with Crippen LogP contribution in [0, 0.1) is 6.92 Å². The molecule has 0 amide bonds. The maximum absolute atomic E-state index is 5.82. The van der Waals surface area contributed by atoms with Crippen molar-refractivity contribution in [1.29, 1.82) is 0 Å². The molecule has 0 spiro atoms. The highest BCUT2D eigenvalue weighted by Gasteiger charge is 1.98. The SMILES string of the molecule is CCCCCCCCCCCCCCCCCCOCCCCOc1ccccc1C. The van der Waals surface area contributed by atoms with E-state index in [2.05, 4.69) is 26.0 Å². The summed E-state index contributed by atoms with van der Waals surface area (Å²) >= 11 is 0. The molecule has 0 unspecified atom stereocenters. The fraction of sp³-hybridized carbons (Fsp3) is 0.793. The summed E-state index contributed by atoms with van der Waals surface area (Å²) in [7, 11) is 0. The van der Waals surface area contributed by atoms with Crippen molar-refractivity contribution in [3.05, 3.63) is 29.8 Å². The standard InChI is InChI=1S/C29H52O2/c1-3-4-5-6-7-8-9-10-11-12-13-14-15-16-17-20-25-30-26-21-22-27-31-29-24-19-18-23-28(29)2/h18-19,23-24H,3-17,20-22,25-27H2,1-2H3. The van der Waals surface area contributed by atoms with Gasteiger partial charge in [0.05, 0.1) is 6.61 Å². The van der Waals surface area contributed by atoms with Gasteiger partial charge in [0.25, 0.3) is 0 Å². The minimum Gasteiger partial charge on any atom is -0.493 e. The van der Waals surface area contributed by atoms with Crippen molar-refractivity contribution in [3.63, 3.8) is 0 Å². The predicted molar refractivity (Wildman–Crippen MR) is 136 cm³/mol. The Kier molecular flexibility index (Phi) is 20.0. The summed E-state index contributed by atoms with van der Waals surface area (Å²) in [4.78, 5) is 0. The summed E-state index contributed by atoms with van der Waals surface area (Å²) in [5.41, 5.74) is 1.21. The number of ether oxygens (including phenoxy) is 2. The van der Waals surface area contributed by atoms with Crippen LogP contribution in [-0.4, -0.2) is 19.8 Å². The van der Waals surface area contributed by atoms with E-state index >= 15 is 0 Å². The molecule has 0 bridgehead atoms. The fourth-order valence-corrected chi connectivity index (χ4v) is 4.06. The summed E-state index contributed by atoms with van der Waals surface area (Å²) in [6.07, 6.45) is 24.8. The van der Waals surface area contributed by atoms with Crippen molar-refractivity contribution in [1.82, 2.24) is 0 Å². The van der Waals surface area contributed by atoms with E-state index in [0.717, 1.165) is 38.4 Å². The molecule has 0 radical (unpaired) electrons. The van der Waals surface area contributed by atoms with Crippen molar-refractivity contribution in [3.8, 4) is 5.75 Å². The number of unbranched alkanes of at least 4 members (excludes halogenated alkanes) is 16. The average molecular weight is 433 g/mol. The Morgan fingerprint density at radius 2 is 0.935 bits per heavy atom. The van der Waals surface area contributed by atoms with Crippen molar-refractivity contribution >= 4 is 0 Å². The van der Waals surface area contributed by atoms with Gasteiger partial charge in [-0.15, -0.1) is 0 Å². The summed E-state index contributed by atoms with van der Waals surface area (Å²) in [6, 6.07) is 8.22. The summed E-state index contributed by atoms with van der Waals surface area (Å²) in [6.45, 7) is 6.97. The van der Waals surface area contributed by atoms with Crippen LogP contribution in [0.3, 0.4) is 0 Å². The van der Waals surface area contributed by atoms with Gasteiger partial charge in [0, 0.05) is 13.2 Å². The maximum atomic E-state index is 5.82. The smallest absolute Gasteiger partial charge is 0.122 e. The molecular weight excluding hydrogens is 380 g/mol. The molecule has 1 rings (SSSR count). The lowest BCUT2D eigenvalue weighted by atomic mass is 10.0. The Hall–Kier alpha value is -1.02. The minimum absolute atomic E-state index is 0.785. The first kappa shape index (κ1) is 28.0. The zero-order chi connectivity index (χ0) is 22.2. The lowest BCUT2D eigenvalue weighted by molar-refractivity contribution is 0.122. The Morgan fingerprint density at radius 1 is 0.516 bits per heavy atom. The molecule has 180 valence electrons. The summed E-state index contributed by atoms with van der Waals surface area (Å²) in [5, 5.41) is 0. The number of aryl methyl sites for hydroxylation is 1. The first-order valence-corrected chi connectivity index (χ1v) is 13.6. The highest BCUT2D eigenvalue weighted by atomic mass is 16.5. The van der Waals surface area contributed by atoms with Crippen LogP contribution >= 0.6 is 0 Å². The van der Waals surface area contributed by atoms with E-state index in [0.29, 0.717) is 0 Å². The maximum Gasteiger partial charge on any atom is 0.122 e. The third-order valence-electron chi connectivity index (χ3n) is 6.18. The van der Waals surface area contributed by atoms with Crippen LogP contribution in [-0.2, 0) is 4.74 Å².